The van der Waals surface area contributed by atoms with Crippen molar-refractivity contribution in [2.24, 2.45) is 0 Å². The first-order valence-corrected chi connectivity index (χ1v) is 6.86. The van der Waals surface area contributed by atoms with Gasteiger partial charge in [0.2, 0.25) is 5.91 Å². The number of carbonyl (C=O) groups excluding carboxylic acids is 1. The molecule has 1 aromatic carbocycles. The summed E-state index contributed by atoms with van der Waals surface area (Å²) in [6, 6.07) is 3.99. The molecule has 1 atom stereocenters. The second kappa shape index (κ2) is 6.27. The molecule has 2 aromatic rings. The van der Waals surface area contributed by atoms with Crippen LogP contribution < -0.4 is 16.4 Å². The number of aromatic nitrogens is 2. The van der Waals surface area contributed by atoms with Gasteiger partial charge in [-0.3, -0.25) is 9.89 Å². The van der Waals surface area contributed by atoms with Crippen molar-refractivity contribution in [3.05, 3.63) is 18.3 Å². The van der Waals surface area contributed by atoms with Crippen molar-refractivity contribution in [3.8, 4) is 0 Å². The number of benzene rings is 1. The number of nitrogens with two attached hydrogens (primary N) is 1. The molecule has 1 unspecified atom stereocenters. The number of H-pyrrole nitrogens is 1. The van der Waals surface area contributed by atoms with Crippen molar-refractivity contribution < 1.29 is 4.79 Å². The lowest BCUT2D eigenvalue weighted by Crippen LogP contribution is -2.32. The number of carbonyl (C=O) groups is 1. The van der Waals surface area contributed by atoms with Gasteiger partial charge in [0.05, 0.1) is 23.1 Å². The number of hydrogen-bond acceptors (Lipinski definition) is 4. The van der Waals surface area contributed by atoms with Crippen LogP contribution in [0, 0.1) is 0 Å². The van der Waals surface area contributed by atoms with Gasteiger partial charge in [0, 0.05) is 24.4 Å². The summed E-state index contributed by atoms with van der Waals surface area (Å²) in [5.41, 5.74) is 8.35. The molecule has 0 aliphatic rings. The molecule has 0 fully saturated rings. The highest BCUT2D eigenvalue weighted by Crippen LogP contribution is 2.24. The second-order valence-electron chi connectivity index (χ2n) is 4.95. The maximum absolute atomic E-state index is 11.7. The summed E-state index contributed by atoms with van der Waals surface area (Å²) < 4.78 is 0. The lowest BCUT2D eigenvalue weighted by atomic mass is 10.2. The number of amides is 1. The summed E-state index contributed by atoms with van der Waals surface area (Å²) in [6.07, 6.45) is 3.09. The third-order valence-corrected chi connectivity index (χ3v) is 3.30. The Morgan fingerprint density at radius 2 is 2.30 bits per heavy atom. The van der Waals surface area contributed by atoms with Gasteiger partial charge in [-0.25, -0.2) is 0 Å². The number of fused-ring (bicyclic) bond motifs is 1. The number of nitrogen functional groups attached to an aromatic ring is 1. The minimum atomic E-state index is 0.0491. The van der Waals surface area contributed by atoms with E-state index in [4.69, 9.17) is 5.73 Å². The first-order valence-electron chi connectivity index (χ1n) is 6.86. The van der Waals surface area contributed by atoms with Crippen LogP contribution in [0.2, 0.25) is 0 Å². The summed E-state index contributed by atoms with van der Waals surface area (Å²) in [6.45, 7) is 4.59. The van der Waals surface area contributed by atoms with Crippen molar-refractivity contribution in [1.82, 2.24) is 15.5 Å². The van der Waals surface area contributed by atoms with E-state index in [2.05, 4.69) is 20.8 Å². The fourth-order valence-corrected chi connectivity index (χ4v) is 1.92. The van der Waals surface area contributed by atoms with Crippen molar-refractivity contribution in [2.45, 2.75) is 32.7 Å². The Morgan fingerprint density at radius 3 is 3.05 bits per heavy atom. The Balaban J connectivity index is 1.89. The van der Waals surface area contributed by atoms with Gasteiger partial charge < -0.3 is 16.4 Å². The Labute approximate surface area is 118 Å². The summed E-state index contributed by atoms with van der Waals surface area (Å²) in [5.74, 6) is 0.0491. The molecular weight excluding hydrogens is 254 g/mol. The predicted octanol–water partition coefficient (Wildman–Crippen LogP) is 1.86. The Hall–Kier alpha value is -2.24. The van der Waals surface area contributed by atoms with Crippen molar-refractivity contribution in [3.63, 3.8) is 0 Å². The third-order valence-electron chi connectivity index (χ3n) is 3.30. The number of hydrogen-bond donors (Lipinski definition) is 4. The lowest BCUT2D eigenvalue weighted by Gasteiger charge is -2.12. The van der Waals surface area contributed by atoms with Crippen LogP contribution in [0.15, 0.2) is 18.3 Å². The monoisotopic (exact) mass is 275 g/mol. The molecule has 0 saturated heterocycles. The molecule has 1 aromatic heterocycles. The average Bonchev–Trinajstić information content (AvgIpc) is 2.85. The number of nitrogens with one attached hydrogen (secondary N) is 3. The van der Waals surface area contributed by atoms with Crippen LogP contribution in [0.3, 0.4) is 0 Å². The number of rotatable bonds is 6. The van der Waals surface area contributed by atoms with E-state index in [9.17, 15) is 4.79 Å². The number of aromatic amines is 1. The topological polar surface area (TPSA) is 95.8 Å². The molecule has 0 saturated carbocycles. The van der Waals surface area contributed by atoms with Crippen LogP contribution >= 0.6 is 0 Å². The molecule has 108 valence electrons. The van der Waals surface area contributed by atoms with E-state index in [1.54, 1.807) is 6.20 Å². The van der Waals surface area contributed by atoms with Crippen molar-refractivity contribution in [2.75, 3.05) is 17.6 Å². The highest BCUT2D eigenvalue weighted by molar-refractivity contribution is 5.88. The fraction of sp³-hybridized carbons (Fsp3) is 0.429. The van der Waals surface area contributed by atoms with Gasteiger partial charge in [0.15, 0.2) is 0 Å². The molecular formula is C14H21N5O. The van der Waals surface area contributed by atoms with Crippen molar-refractivity contribution in [1.29, 1.82) is 0 Å². The van der Waals surface area contributed by atoms with E-state index >= 15 is 0 Å². The normalized spacial score (nSPS) is 12.3. The molecule has 1 heterocycles. The summed E-state index contributed by atoms with van der Waals surface area (Å²) in [5, 5.41) is 13.9. The number of anilines is 2. The first kappa shape index (κ1) is 14.2. The zero-order valence-corrected chi connectivity index (χ0v) is 11.9. The quantitative estimate of drug-likeness (QED) is 0.605. The van der Waals surface area contributed by atoms with Gasteiger partial charge in [-0.15, -0.1) is 0 Å². The maximum Gasteiger partial charge on any atom is 0.221 e. The number of nitrogens with zero attached hydrogens (tertiary/aromatic N) is 1. The van der Waals surface area contributed by atoms with Crippen LogP contribution in [0.1, 0.15) is 26.7 Å². The van der Waals surface area contributed by atoms with Gasteiger partial charge in [0.25, 0.3) is 0 Å². The van der Waals surface area contributed by atoms with Gasteiger partial charge >= 0.3 is 0 Å². The van der Waals surface area contributed by atoms with Gasteiger partial charge in [-0.05, 0) is 25.5 Å². The Kier molecular flexibility index (Phi) is 4.45. The van der Waals surface area contributed by atoms with Crippen molar-refractivity contribution >= 4 is 28.2 Å². The van der Waals surface area contributed by atoms with E-state index in [-0.39, 0.29) is 11.9 Å². The molecule has 20 heavy (non-hydrogen) atoms. The highest BCUT2D eigenvalue weighted by atomic mass is 16.1. The van der Waals surface area contributed by atoms with Crippen LogP contribution in [0.5, 0.6) is 0 Å². The Morgan fingerprint density at radius 1 is 1.50 bits per heavy atom. The third kappa shape index (κ3) is 3.40. The largest absolute Gasteiger partial charge is 0.397 e. The highest BCUT2D eigenvalue weighted by Gasteiger charge is 2.07. The second-order valence-corrected chi connectivity index (χ2v) is 4.95. The molecule has 6 nitrogen and oxygen atoms in total. The zero-order valence-electron chi connectivity index (χ0n) is 11.9. The van der Waals surface area contributed by atoms with E-state index in [1.165, 1.54) is 0 Å². The average molecular weight is 275 g/mol. The lowest BCUT2D eigenvalue weighted by molar-refractivity contribution is -0.121. The molecule has 0 aliphatic heterocycles. The predicted molar refractivity (Wildman–Crippen MR) is 81.5 cm³/mol. The van der Waals surface area contributed by atoms with Crippen LogP contribution in [-0.4, -0.2) is 28.7 Å². The van der Waals surface area contributed by atoms with Gasteiger partial charge in [0.1, 0.15) is 0 Å². The standard InChI is InChI=1S/C14H21N5O/c1-3-9(2)18-14(20)4-5-16-13-7-12-10(6-11(13)15)8-17-19-12/h6-9,16H,3-5,15H2,1-2H3,(H,17,19)(H,18,20). The summed E-state index contributed by atoms with van der Waals surface area (Å²) >= 11 is 0. The minimum absolute atomic E-state index is 0.0491. The van der Waals surface area contributed by atoms with Crippen LogP contribution in [0.4, 0.5) is 11.4 Å². The van der Waals surface area contributed by atoms with Gasteiger partial charge in [-0.2, -0.15) is 5.10 Å². The molecule has 1 amide bonds. The molecule has 6 heteroatoms. The SMILES string of the molecule is CCC(C)NC(=O)CCNc1cc2[nH]ncc2cc1N. The fourth-order valence-electron chi connectivity index (χ4n) is 1.92. The van der Waals surface area contributed by atoms with E-state index in [0.29, 0.717) is 18.7 Å². The van der Waals surface area contributed by atoms with Crippen LogP contribution in [-0.2, 0) is 4.79 Å². The summed E-state index contributed by atoms with van der Waals surface area (Å²) in [7, 11) is 0. The molecule has 0 radical (unpaired) electrons. The maximum atomic E-state index is 11.7. The van der Waals surface area contributed by atoms with Crippen LogP contribution in [0.25, 0.3) is 10.9 Å². The molecule has 2 rings (SSSR count). The minimum Gasteiger partial charge on any atom is -0.397 e. The molecule has 5 N–H and O–H groups in total. The van der Waals surface area contributed by atoms with E-state index < -0.39 is 0 Å². The van der Waals surface area contributed by atoms with E-state index in [1.807, 2.05) is 26.0 Å². The smallest absolute Gasteiger partial charge is 0.221 e. The Bertz CT molecular complexity index is 592. The molecule has 0 spiro atoms. The first-order chi connectivity index (χ1) is 9.60. The molecule has 0 bridgehead atoms. The summed E-state index contributed by atoms with van der Waals surface area (Å²) in [4.78, 5) is 11.7. The van der Waals surface area contributed by atoms with E-state index in [0.717, 1.165) is 23.0 Å². The zero-order chi connectivity index (χ0) is 14.5. The van der Waals surface area contributed by atoms with Gasteiger partial charge in [-0.1, -0.05) is 6.92 Å². The molecule has 0 aliphatic carbocycles.